The maximum atomic E-state index is 13.3. The summed E-state index contributed by atoms with van der Waals surface area (Å²) in [4.78, 5) is 16.5. The van der Waals surface area contributed by atoms with Crippen LogP contribution in [0.3, 0.4) is 0 Å². The van der Waals surface area contributed by atoms with Crippen molar-refractivity contribution in [1.82, 2.24) is 20.1 Å². The maximum Gasteiger partial charge on any atom is 0.272 e. The first kappa shape index (κ1) is 17.6. The van der Waals surface area contributed by atoms with Gasteiger partial charge in [0.2, 0.25) is 5.88 Å². The molecule has 6 nitrogen and oxygen atoms in total. The van der Waals surface area contributed by atoms with Gasteiger partial charge >= 0.3 is 0 Å². The van der Waals surface area contributed by atoms with Crippen molar-refractivity contribution >= 4 is 5.91 Å². The zero-order chi connectivity index (χ0) is 18.5. The monoisotopic (exact) mass is 354 g/mol. The Balaban J connectivity index is 1.68. The van der Waals surface area contributed by atoms with Gasteiger partial charge in [-0.1, -0.05) is 12.1 Å². The van der Waals surface area contributed by atoms with Gasteiger partial charge in [-0.3, -0.25) is 4.79 Å². The second-order valence-corrected chi connectivity index (χ2v) is 5.94. The molecule has 0 saturated carbocycles. The largest absolute Gasteiger partial charge is 0.475 e. The summed E-state index contributed by atoms with van der Waals surface area (Å²) >= 11 is 0. The zero-order valence-corrected chi connectivity index (χ0v) is 14.5. The van der Waals surface area contributed by atoms with E-state index < -0.39 is 0 Å². The number of ether oxygens (including phenoxy) is 1. The Morgan fingerprint density at radius 1 is 1.27 bits per heavy atom. The normalized spacial score (nSPS) is 10.8. The SMILES string of the molecule is CC(C)Oc1ncccc1CNC(=O)c1ccn(-c2cccc(F)c2)n1. The second kappa shape index (κ2) is 7.77. The molecule has 3 rings (SSSR count). The topological polar surface area (TPSA) is 69.0 Å². The van der Waals surface area contributed by atoms with Crippen LogP contribution in [-0.4, -0.2) is 26.8 Å². The quantitative estimate of drug-likeness (QED) is 0.738. The van der Waals surface area contributed by atoms with Gasteiger partial charge in [0.15, 0.2) is 5.69 Å². The predicted molar refractivity (Wildman–Crippen MR) is 94.7 cm³/mol. The van der Waals surface area contributed by atoms with Gasteiger partial charge in [-0.15, -0.1) is 0 Å². The van der Waals surface area contributed by atoms with Crippen LogP contribution in [0.2, 0.25) is 0 Å². The molecule has 0 saturated heterocycles. The highest BCUT2D eigenvalue weighted by Gasteiger charge is 2.12. The van der Waals surface area contributed by atoms with Crippen LogP contribution < -0.4 is 10.1 Å². The summed E-state index contributed by atoms with van der Waals surface area (Å²) < 4.78 is 20.4. The van der Waals surface area contributed by atoms with E-state index in [0.717, 1.165) is 5.56 Å². The average Bonchev–Trinajstić information content (AvgIpc) is 3.10. The highest BCUT2D eigenvalue weighted by Crippen LogP contribution is 2.16. The Morgan fingerprint density at radius 2 is 2.12 bits per heavy atom. The van der Waals surface area contributed by atoms with Gasteiger partial charge in [-0.25, -0.2) is 14.1 Å². The fourth-order valence-corrected chi connectivity index (χ4v) is 2.36. The molecule has 0 aliphatic carbocycles. The Bertz CT molecular complexity index is 908. The number of nitrogens with zero attached hydrogens (tertiary/aromatic N) is 3. The number of carbonyl (C=O) groups is 1. The van der Waals surface area contributed by atoms with Crippen molar-refractivity contribution in [1.29, 1.82) is 0 Å². The van der Waals surface area contributed by atoms with Crippen molar-refractivity contribution in [2.75, 3.05) is 0 Å². The van der Waals surface area contributed by atoms with Crippen LogP contribution in [0.25, 0.3) is 5.69 Å². The van der Waals surface area contributed by atoms with Gasteiger partial charge in [0.05, 0.1) is 11.8 Å². The van der Waals surface area contributed by atoms with Crippen molar-refractivity contribution in [3.63, 3.8) is 0 Å². The van der Waals surface area contributed by atoms with E-state index in [9.17, 15) is 9.18 Å². The number of amides is 1. The van der Waals surface area contributed by atoms with E-state index in [1.54, 1.807) is 36.7 Å². The molecule has 0 fully saturated rings. The van der Waals surface area contributed by atoms with E-state index in [1.807, 2.05) is 19.9 Å². The molecule has 0 aliphatic heterocycles. The fourth-order valence-electron chi connectivity index (χ4n) is 2.36. The third-order valence-corrected chi connectivity index (χ3v) is 3.53. The first-order valence-electron chi connectivity index (χ1n) is 8.23. The van der Waals surface area contributed by atoms with E-state index in [-0.39, 0.29) is 30.1 Å². The highest BCUT2D eigenvalue weighted by atomic mass is 19.1. The molecule has 26 heavy (non-hydrogen) atoms. The van der Waals surface area contributed by atoms with Crippen LogP contribution >= 0.6 is 0 Å². The molecule has 0 bridgehead atoms. The maximum absolute atomic E-state index is 13.3. The smallest absolute Gasteiger partial charge is 0.272 e. The Kier molecular flexibility index (Phi) is 5.26. The number of pyridine rings is 1. The number of halogens is 1. The molecular formula is C19H19FN4O2. The van der Waals surface area contributed by atoms with Crippen molar-refractivity contribution in [3.05, 3.63) is 71.9 Å². The van der Waals surface area contributed by atoms with Gasteiger partial charge in [0.1, 0.15) is 5.82 Å². The van der Waals surface area contributed by atoms with E-state index >= 15 is 0 Å². The fraction of sp³-hybridized carbons (Fsp3) is 0.211. The summed E-state index contributed by atoms with van der Waals surface area (Å²) in [6.45, 7) is 4.09. The van der Waals surface area contributed by atoms with Crippen LogP contribution in [0.4, 0.5) is 4.39 Å². The number of hydrogen-bond acceptors (Lipinski definition) is 4. The molecule has 1 amide bonds. The first-order valence-corrected chi connectivity index (χ1v) is 8.23. The van der Waals surface area contributed by atoms with Crippen LogP contribution in [-0.2, 0) is 6.54 Å². The molecule has 0 aliphatic rings. The molecule has 0 unspecified atom stereocenters. The molecular weight excluding hydrogens is 335 g/mol. The van der Waals surface area contributed by atoms with E-state index in [4.69, 9.17) is 4.74 Å². The third-order valence-electron chi connectivity index (χ3n) is 3.53. The van der Waals surface area contributed by atoms with Crippen molar-refractivity contribution in [2.45, 2.75) is 26.5 Å². The Hall–Kier alpha value is -3.22. The summed E-state index contributed by atoms with van der Waals surface area (Å²) in [6.07, 6.45) is 3.24. The van der Waals surface area contributed by atoms with Crippen LogP contribution in [0.15, 0.2) is 54.9 Å². The zero-order valence-electron chi connectivity index (χ0n) is 14.5. The molecule has 0 atom stereocenters. The van der Waals surface area contributed by atoms with E-state index in [0.29, 0.717) is 11.6 Å². The van der Waals surface area contributed by atoms with Gasteiger partial charge in [0.25, 0.3) is 5.91 Å². The van der Waals surface area contributed by atoms with Gasteiger partial charge in [-0.2, -0.15) is 5.10 Å². The lowest BCUT2D eigenvalue weighted by atomic mass is 10.2. The Morgan fingerprint density at radius 3 is 2.88 bits per heavy atom. The lowest BCUT2D eigenvalue weighted by Crippen LogP contribution is -2.24. The summed E-state index contributed by atoms with van der Waals surface area (Å²) in [5.74, 6) is -0.203. The number of carbonyl (C=O) groups excluding carboxylic acids is 1. The minimum Gasteiger partial charge on any atom is -0.475 e. The molecule has 1 N–H and O–H groups in total. The third kappa shape index (κ3) is 4.24. The lowest BCUT2D eigenvalue weighted by molar-refractivity contribution is 0.0945. The molecule has 0 radical (unpaired) electrons. The van der Waals surface area contributed by atoms with Gasteiger partial charge in [0, 0.05) is 24.5 Å². The standard InChI is InChI=1S/C19H19FN4O2/c1-13(2)26-19-14(5-4-9-21-19)12-22-18(25)17-8-10-24(23-17)16-7-3-6-15(20)11-16/h3-11,13H,12H2,1-2H3,(H,22,25). The minimum absolute atomic E-state index is 0.0127. The van der Waals surface area contributed by atoms with Crippen molar-refractivity contribution in [3.8, 4) is 11.6 Å². The Labute approximate surface area is 150 Å². The molecule has 2 heterocycles. The van der Waals surface area contributed by atoms with Gasteiger partial charge in [-0.05, 0) is 44.2 Å². The van der Waals surface area contributed by atoms with Gasteiger partial charge < -0.3 is 10.1 Å². The molecule has 2 aromatic heterocycles. The van der Waals surface area contributed by atoms with Crippen LogP contribution in [0.5, 0.6) is 5.88 Å². The first-order chi connectivity index (χ1) is 12.5. The predicted octanol–water partition coefficient (Wildman–Crippen LogP) is 3.12. The number of hydrogen-bond donors (Lipinski definition) is 1. The summed E-state index contributed by atoms with van der Waals surface area (Å²) in [5, 5.41) is 6.99. The second-order valence-electron chi connectivity index (χ2n) is 5.94. The average molecular weight is 354 g/mol. The summed E-state index contributed by atoms with van der Waals surface area (Å²) in [5.41, 5.74) is 1.56. The summed E-state index contributed by atoms with van der Waals surface area (Å²) in [7, 11) is 0. The van der Waals surface area contributed by atoms with Crippen LogP contribution in [0.1, 0.15) is 29.9 Å². The van der Waals surface area contributed by atoms with Crippen molar-refractivity contribution < 1.29 is 13.9 Å². The van der Waals surface area contributed by atoms with Crippen molar-refractivity contribution in [2.24, 2.45) is 0 Å². The number of rotatable bonds is 6. The minimum atomic E-state index is -0.363. The molecule has 7 heteroatoms. The highest BCUT2D eigenvalue weighted by molar-refractivity contribution is 5.92. The lowest BCUT2D eigenvalue weighted by Gasteiger charge is -2.13. The molecule has 1 aromatic carbocycles. The number of benzene rings is 1. The number of aromatic nitrogens is 3. The van der Waals surface area contributed by atoms with E-state index in [1.165, 1.54) is 16.8 Å². The molecule has 0 spiro atoms. The van der Waals surface area contributed by atoms with E-state index in [2.05, 4.69) is 15.4 Å². The summed E-state index contributed by atoms with van der Waals surface area (Å²) in [6, 6.07) is 11.2. The molecule has 3 aromatic rings. The van der Waals surface area contributed by atoms with Crippen LogP contribution in [0, 0.1) is 5.82 Å². The number of nitrogens with one attached hydrogen (secondary N) is 1. The molecule has 134 valence electrons.